The maximum absolute atomic E-state index is 12.8. The van der Waals surface area contributed by atoms with Crippen molar-refractivity contribution in [3.05, 3.63) is 24.3 Å². The van der Waals surface area contributed by atoms with Gasteiger partial charge in [0.15, 0.2) is 0 Å². The van der Waals surface area contributed by atoms with Crippen molar-refractivity contribution in [3.8, 4) is 5.75 Å². The lowest BCUT2D eigenvalue weighted by atomic mass is 9.96. The molecule has 3 rings (SSSR count). The number of carbonyl (C=O) groups is 1. The molecule has 0 unspecified atom stereocenters. The maximum atomic E-state index is 12.8. The monoisotopic (exact) mass is 395 g/mol. The zero-order valence-corrected chi connectivity index (χ0v) is 16.7. The third kappa shape index (κ3) is 5.02. The summed E-state index contributed by atoms with van der Waals surface area (Å²) >= 11 is 0. The van der Waals surface area contributed by atoms with Crippen LogP contribution in [0.15, 0.2) is 29.2 Å². The Hall–Kier alpha value is -1.60. The Morgan fingerprint density at radius 1 is 1.04 bits per heavy atom. The van der Waals surface area contributed by atoms with Crippen LogP contribution in [-0.2, 0) is 19.6 Å². The van der Waals surface area contributed by atoms with Crippen molar-refractivity contribution in [1.29, 1.82) is 0 Å². The van der Waals surface area contributed by atoms with Gasteiger partial charge in [0.25, 0.3) is 0 Å². The van der Waals surface area contributed by atoms with Gasteiger partial charge in [-0.2, -0.15) is 4.31 Å². The largest absolute Gasteiger partial charge is 0.494 e. The van der Waals surface area contributed by atoms with Gasteiger partial charge < -0.3 is 9.47 Å². The number of ether oxygens (including phenoxy) is 2. The Kier molecular flexibility index (Phi) is 6.76. The van der Waals surface area contributed by atoms with Gasteiger partial charge in [0.05, 0.1) is 17.4 Å². The first kappa shape index (κ1) is 20.1. The molecule has 2 aliphatic rings. The van der Waals surface area contributed by atoms with E-state index in [0.717, 1.165) is 25.7 Å². The van der Waals surface area contributed by atoms with Crippen LogP contribution in [0.3, 0.4) is 0 Å². The number of benzene rings is 1. The van der Waals surface area contributed by atoms with Gasteiger partial charge in [-0.25, -0.2) is 8.42 Å². The predicted molar refractivity (Wildman–Crippen MR) is 102 cm³/mol. The molecule has 7 heteroatoms. The van der Waals surface area contributed by atoms with Crippen LogP contribution in [0, 0.1) is 5.92 Å². The van der Waals surface area contributed by atoms with Crippen LogP contribution >= 0.6 is 0 Å². The first-order valence-electron chi connectivity index (χ1n) is 9.94. The highest BCUT2D eigenvalue weighted by Gasteiger charge is 2.33. The van der Waals surface area contributed by atoms with Crippen molar-refractivity contribution in [1.82, 2.24) is 4.31 Å². The lowest BCUT2D eigenvalue weighted by Crippen LogP contribution is -2.41. The molecule has 1 aliphatic heterocycles. The van der Waals surface area contributed by atoms with E-state index in [2.05, 4.69) is 0 Å². The summed E-state index contributed by atoms with van der Waals surface area (Å²) in [5, 5.41) is 0. The lowest BCUT2D eigenvalue weighted by Gasteiger charge is -2.31. The second kappa shape index (κ2) is 9.06. The van der Waals surface area contributed by atoms with E-state index in [1.807, 2.05) is 6.92 Å². The van der Waals surface area contributed by atoms with Crippen molar-refractivity contribution in [2.75, 3.05) is 19.7 Å². The van der Waals surface area contributed by atoms with E-state index >= 15 is 0 Å². The molecule has 1 aromatic rings. The standard InChI is InChI=1S/C20H29NO5S/c1-2-25-17-8-10-19(11-9-17)27(23,24)21-14-12-16(13-15-21)20(22)26-18-6-4-3-5-7-18/h8-11,16,18H,2-7,12-15H2,1H3. The molecule has 1 heterocycles. The summed E-state index contributed by atoms with van der Waals surface area (Å²) < 4.78 is 38.1. The molecule has 0 N–H and O–H groups in total. The molecule has 0 amide bonds. The van der Waals surface area contributed by atoms with E-state index in [1.54, 1.807) is 24.3 Å². The molecule has 0 bridgehead atoms. The molecule has 0 radical (unpaired) electrons. The minimum Gasteiger partial charge on any atom is -0.494 e. The van der Waals surface area contributed by atoms with Crippen molar-refractivity contribution in [2.24, 2.45) is 5.92 Å². The van der Waals surface area contributed by atoms with Gasteiger partial charge in [-0.1, -0.05) is 6.42 Å². The van der Waals surface area contributed by atoms with E-state index in [1.165, 1.54) is 10.7 Å². The Morgan fingerprint density at radius 2 is 1.67 bits per heavy atom. The van der Waals surface area contributed by atoms with E-state index in [-0.39, 0.29) is 22.9 Å². The van der Waals surface area contributed by atoms with Crippen LogP contribution in [0.1, 0.15) is 51.9 Å². The van der Waals surface area contributed by atoms with E-state index < -0.39 is 10.0 Å². The Morgan fingerprint density at radius 3 is 2.26 bits per heavy atom. The van der Waals surface area contributed by atoms with E-state index in [4.69, 9.17) is 9.47 Å². The number of hydrogen-bond donors (Lipinski definition) is 0. The Labute approximate surface area is 161 Å². The topological polar surface area (TPSA) is 72.9 Å². The number of piperidine rings is 1. The molecule has 27 heavy (non-hydrogen) atoms. The van der Waals surface area contributed by atoms with Crippen LogP contribution < -0.4 is 4.74 Å². The number of rotatable bonds is 6. The highest BCUT2D eigenvalue weighted by Crippen LogP contribution is 2.27. The van der Waals surface area contributed by atoms with Crippen LogP contribution in [0.2, 0.25) is 0 Å². The number of carbonyl (C=O) groups excluding carboxylic acids is 1. The fourth-order valence-corrected chi connectivity index (χ4v) is 5.27. The second-order valence-corrected chi connectivity index (χ2v) is 9.22. The molecule has 1 aromatic carbocycles. The zero-order chi connectivity index (χ0) is 19.3. The van der Waals surface area contributed by atoms with Gasteiger partial charge >= 0.3 is 5.97 Å². The fourth-order valence-electron chi connectivity index (χ4n) is 3.80. The number of sulfonamides is 1. The molecule has 0 spiro atoms. The highest BCUT2D eigenvalue weighted by atomic mass is 32.2. The summed E-state index contributed by atoms with van der Waals surface area (Å²) in [7, 11) is -3.54. The molecular formula is C20H29NO5S. The first-order valence-corrected chi connectivity index (χ1v) is 11.4. The second-order valence-electron chi connectivity index (χ2n) is 7.28. The van der Waals surface area contributed by atoms with Gasteiger partial charge in [0, 0.05) is 13.1 Å². The lowest BCUT2D eigenvalue weighted by molar-refractivity contribution is -0.156. The molecule has 0 aromatic heterocycles. The van der Waals surface area contributed by atoms with E-state index in [9.17, 15) is 13.2 Å². The predicted octanol–water partition coefficient (Wildman–Crippen LogP) is 3.36. The SMILES string of the molecule is CCOc1ccc(S(=O)(=O)N2CCC(C(=O)OC3CCCCC3)CC2)cc1. The molecule has 6 nitrogen and oxygen atoms in total. The summed E-state index contributed by atoms with van der Waals surface area (Å²) in [5.74, 6) is 0.305. The zero-order valence-electron chi connectivity index (χ0n) is 15.9. The summed E-state index contributed by atoms with van der Waals surface area (Å²) in [6, 6.07) is 6.49. The quantitative estimate of drug-likeness (QED) is 0.691. The Bertz CT molecular complexity index is 717. The number of esters is 1. The van der Waals surface area contributed by atoms with Gasteiger partial charge in [-0.15, -0.1) is 0 Å². The minimum atomic E-state index is -3.54. The highest BCUT2D eigenvalue weighted by molar-refractivity contribution is 7.89. The molecular weight excluding hydrogens is 366 g/mol. The maximum Gasteiger partial charge on any atom is 0.309 e. The van der Waals surface area contributed by atoms with E-state index in [0.29, 0.717) is 38.3 Å². The molecule has 1 aliphatic carbocycles. The number of nitrogens with zero attached hydrogens (tertiary/aromatic N) is 1. The Balaban J connectivity index is 1.55. The third-order valence-electron chi connectivity index (χ3n) is 5.39. The summed E-state index contributed by atoms with van der Waals surface area (Å²) in [6.07, 6.45) is 6.46. The van der Waals surface area contributed by atoms with Gasteiger partial charge in [-0.3, -0.25) is 4.79 Å². The van der Waals surface area contributed by atoms with Crippen LogP contribution in [0.5, 0.6) is 5.75 Å². The van der Waals surface area contributed by atoms with Gasteiger partial charge in [0.2, 0.25) is 10.0 Å². The minimum absolute atomic E-state index is 0.0527. The van der Waals surface area contributed by atoms with Crippen molar-refractivity contribution < 1.29 is 22.7 Å². The first-order chi connectivity index (χ1) is 13.0. The average molecular weight is 396 g/mol. The summed E-state index contributed by atoms with van der Waals surface area (Å²) in [5.41, 5.74) is 0. The van der Waals surface area contributed by atoms with Crippen molar-refractivity contribution in [2.45, 2.75) is 62.9 Å². The smallest absolute Gasteiger partial charge is 0.309 e. The molecule has 150 valence electrons. The summed E-state index contributed by atoms with van der Waals surface area (Å²) in [6.45, 7) is 3.12. The molecule has 1 saturated heterocycles. The van der Waals surface area contributed by atoms with Crippen LogP contribution in [0.4, 0.5) is 0 Å². The summed E-state index contributed by atoms with van der Waals surface area (Å²) in [4.78, 5) is 12.6. The molecule has 0 atom stereocenters. The average Bonchev–Trinajstić information content (AvgIpc) is 2.69. The van der Waals surface area contributed by atoms with Gasteiger partial charge in [0.1, 0.15) is 11.9 Å². The normalized spacial score (nSPS) is 20.3. The fraction of sp³-hybridized carbons (Fsp3) is 0.650. The van der Waals surface area contributed by atoms with Gasteiger partial charge in [-0.05, 0) is 69.7 Å². The van der Waals surface area contributed by atoms with Crippen LogP contribution in [-0.4, -0.2) is 44.5 Å². The van der Waals surface area contributed by atoms with Crippen LogP contribution in [0.25, 0.3) is 0 Å². The molecule has 1 saturated carbocycles. The van der Waals surface area contributed by atoms with Crippen molar-refractivity contribution in [3.63, 3.8) is 0 Å². The number of hydrogen-bond acceptors (Lipinski definition) is 5. The third-order valence-corrected chi connectivity index (χ3v) is 7.31. The van der Waals surface area contributed by atoms with Crippen molar-refractivity contribution >= 4 is 16.0 Å². The molecule has 2 fully saturated rings.